The maximum absolute atomic E-state index is 5.47. The lowest BCUT2D eigenvalue weighted by Crippen LogP contribution is -2.34. The Balaban J connectivity index is 1.76. The molecule has 2 aromatic heterocycles. The van der Waals surface area contributed by atoms with Crippen molar-refractivity contribution in [3.8, 4) is 0 Å². The van der Waals surface area contributed by atoms with Gasteiger partial charge in [0.25, 0.3) is 5.95 Å². The van der Waals surface area contributed by atoms with Gasteiger partial charge in [-0.05, 0) is 18.0 Å². The van der Waals surface area contributed by atoms with Gasteiger partial charge in [0.05, 0.1) is 5.69 Å². The number of hydrogen-bond acceptors (Lipinski definition) is 7. The summed E-state index contributed by atoms with van der Waals surface area (Å²) in [7, 11) is 3.84. The fourth-order valence-corrected chi connectivity index (χ4v) is 3.19. The molecule has 0 saturated carbocycles. The summed E-state index contributed by atoms with van der Waals surface area (Å²) in [5.74, 6) is 3.98. The van der Waals surface area contributed by atoms with Crippen molar-refractivity contribution in [2.75, 3.05) is 37.0 Å². The zero-order valence-corrected chi connectivity index (χ0v) is 17.7. The van der Waals surface area contributed by atoms with E-state index in [0.717, 1.165) is 49.2 Å². The Morgan fingerprint density at radius 2 is 1.78 bits per heavy atom. The van der Waals surface area contributed by atoms with E-state index in [2.05, 4.69) is 55.7 Å². The number of aromatic nitrogens is 4. The molecule has 0 radical (unpaired) electrons. The van der Waals surface area contributed by atoms with Gasteiger partial charge in [0.2, 0.25) is 5.89 Å². The highest BCUT2D eigenvalue weighted by atomic mass is 16.5. The Morgan fingerprint density at radius 1 is 1.11 bits per heavy atom. The Morgan fingerprint density at radius 3 is 2.30 bits per heavy atom. The smallest absolute Gasteiger partial charge is 0.265 e. The summed E-state index contributed by atoms with van der Waals surface area (Å²) in [5, 5.41) is 4.04. The van der Waals surface area contributed by atoms with Gasteiger partial charge in [-0.2, -0.15) is 4.98 Å². The molecule has 3 rings (SSSR count). The Hall–Kier alpha value is -2.18. The van der Waals surface area contributed by atoms with Crippen LogP contribution in [0.4, 0.5) is 11.8 Å². The van der Waals surface area contributed by atoms with E-state index in [1.165, 1.54) is 0 Å². The maximum Gasteiger partial charge on any atom is 0.265 e. The topological polar surface area (TPSA) is 71.2 Å². The minimum atomic E-state index is 0.00594. The molecule has 0 N–H and O–H groups in total. The third kappa shape index (κ3) is 4.39. The van der Waals surface area contributed by atoms with Crippen LogP contribution < -0.4 is 9.80 Å². The van der Waals surface area contributed by atoms with Crippen molar-refractivity contribution >= 4 is 11.8 Å². The van der Waals surface area contributed by atoms with E-state index < -0.39 is 0 Å². The fraction of sp³-hybridized carbons (Fsp3) is 0.700. The largest absolute Gasteiger partial charge is 0.356 e. The van der Waals surface area contributed by atoms with E-state index in [1.807, 2.05) is 19.0 Å². The minimum absolute atomic E-state index is 0.00594. The molecule has 1 aliphatic heterocycles. The molecule has 0 amide bonds. The highest BCUT2D eigenvalue weighted by molar-refractivity contribution is 5.42. The summed E-state index contributed by atoms with van der Waals surface area (Å²) in [6.07, 6.45) is 1.97. The van der Waals surface area contributed by atoms with E-state index in [-0.39, 0.29) is 5.41 Å². The van der Waals surface area contributed by atoms with E-state index in [4.69, 9.17) is 14.5 Å². The summed E-state index contributed by atoms with van der Waals surface area (Å²) in [6.45, 7) is 12.8. The molecule has 3 heterocycles. The SMILES string of the molecule is CC(C)c1nc(N2CCC(c3nc(N(C)C)no3)CC2)cc(C(C)(C)C)n1. The Kier molecular flexibility index (Phi) is 5.40. The van der Waals surface area contributed by atoms with Crippen molar-refractivity contribution in [3.63, 3.8) is 0 Å². The van der Waals surface area contributed by atoms with Crippen molar-refractivity contribution in [2.24, 2.45) is 0 Å². The van der Waals surface area contributed by atoms with Crippen LogP contribution in [0, 0.1) is 0 Å². The predicted molar refractivity (Wildman–Crippen MR) is 108 cm³/mol. The van der Waals surface area contributed by atoms with Gasteiger partial charge in [-0.15, -0.1) is 0 Å². The first-order chi connectivity index (χ1) is 12.6. The molecule has 0 unspecified atom stereocenters. The molecule has 148 valence electrons. The molecule has 0 aromatic carbocycles. The number of hydrogen-bond donors (Lipinski definition) is 0. The molecule has 0 atom stereocenters. The van der Waals surface area contributed by atoms with Crippen LogP contribution in [-0.2, 0) is 5.41 Å². The van der Waals surface area contributed by atoms with Gasteiger partial charge >= 0.3 is 0 Å². The second-order valence-corrected chi connectivity index (χ2v) is 8.96. The van der Waals surface area contributed by atoms with E-state index >= 15 is 0 Å². The molecular formula is C20H32N6O. The van der Waals surface area contributed by atoms with E-state index in [9.17, 15) is 0 Å². The molecule has 2 aromatic rings. The normalized spacial score (nSPS) is 16.2. The number of nitrogens with zero attached hydrogens (tertiary/aromatic N) is 6. The second kappa shape index (κ2) is 7.44. The van der Waals surface area contributed by atoms with Crippen molar-refractivity contribution in [1.29, 1.82) is 0 Å². The van der Waals surface area contributed by atoms with Gasteiger partial charge in [-0.25, -0.2) is 9.97 Å². The van der Waals surface area contributed by atoms with Crippen LogP contribution >= 0.6 is 0 Å². The standard InChI is InChI=1S/C20H32N6O/c1-13(2)17-21-15(20(3,4)5)12-16(22-17)26-10-8-14(9-11-26)18-23-19(24-27-18)25(6)7/h12-14H,8-11H2,1-7H3. The molecule has 1 fully saturated rings. The third-order valence-electron chi connectivity index (χ3n) is 5.01. The number of piperidine rings is 1. The lowest BCUT2D eigenvalue weighted by atomic mass is 9.91. The van der Waals surface area contributed by atoms with E-state index in [0.29, 0.717) is 17.8 Å². The number of rotatable bonds is 4. The monoisotopic (exact) mass is 372 g/mol. The molecular weight excluding hydrogens is 340 g/mol. The molecule has 1 aliphatic rings. The van der Waals surface area contributed by atoms with Crippen molar-refractivity contribution < 1.29 is 4.52 Å². The predicted octanol–water partition coefficient (Wildman–Crippen LogP) is 3.73. The van der Waals surface area contributed by atoms with Gasteiger partial charge in [-0.1, -0.05) is 34.6 Å². The van der Waals surface area contributed by atoms with Crippen LogP contribution in [0.1, 0.15) is 76.7 Å². The summed E-state index contributed by atoms with van der Waals surface area (Å²) < 4.78 is 5.47. The molecule has 27 heavy (non-hydrogen) atoms. The Bertz CT molecular complexity index is 769. The van der Waals surface area contributed by atoms with Crippen molar-refractivity contribution in [3.05, 3.63) is 23.5 Å². The first-order valence-corrected chi connectivity index (χ1v) is 9.80. The van der Waals surface area contributed by atoms with Crippen LogP contribution in [0.25, 0.3) is 0 Å². The molecule has 0 spiro atoms. The minimum Gasteiger partial charge on any atom is -0.356 e. The van der Waals surface area contributed by atoms with Crippen molar-refractivity contribution in [2.45, 2.75) is 64.7 Å². The fourth-order valence-electron chi connectivity index (χ4n) is 3.19. The van der Waals surface area contributed by atoms with E-state index in [1.54, 1.807) is 0 Å². The number of anilines is 2. The zero-order chi connectivity index (χ0) is 19.8. The quantitative estimate of drug-likeness (QED) is 0.810. The van der Waals surface area contributed by atoms with Crippen molar-refractivity contribution in [1.82, 2.24) is 20.1 Å². The second-order valence-electron chi connectivity index (χ2n) is 8.96. The van der Waals surface area contributed by atoms with Crippen LogP contribution in [0.5, 0.6) is 0 Å². The van der Waals surface area contributed by atoms with Crippen LogP contribution in [-0.4, -0.2) is 47.3 Å². The lowest BCUT2D eigenvalue weighted by molar-refractivity contribution is 0.329. The average Bonchev–Trinajstić information content (AvgIpc) is 3.11. The molecule has 7 heteroatoms. The van der Waals surface area contributed by atoms with Gasteiger partial charge in [0, 0.05) is 50.5 Å². The lowest BCUT2D eigenvalue weighted by Gasteiger charge is -2.32. The van der Waals surface area contributed by atoms with Gasteiger partial charge < -0.3 is 14.3 Å². The molecule has 1 saturated heterocycles. The van der Waals surface area contributed by atoms with Crippen LogP contribution in [0.2, 0.25) is 0 Å². The van der Waals surface area contributed by atoms with Gasteiger partial charge in [-0.3, -0.25) is 0 Å². The first-order valence-electron chi connectivity index (χ1n) is 9.80. The Labute approximate surface area is 162 Å². The third-order valence-corrected chi connectivity index (χ3v) is 5.01. The first kappa shape index (κ1) is 19.6. The summed E-state index contributed by atoms with van der Waals surface area (Å²) in [6, 6.07) is 2.16. The summed E-state index contributed by atoms with van der Waals surface area (Å²) in [4.78, 5) is 18.4. The highest BCUT2D eigenvalue weighted by Crippen LogP contribution is 2.32. The molecule has 0 bridgehead atoms. The van der Waals surface area contributed by atoms with Crippen LogP contribution in [0.15, 0.2) is 10.6 Å². The highest BCUT2D eigenvalue weighted by Gasteiger charge is 2.28. The van der Waals surface area contributed by atoms with Gasteiger partial charge in [0.15, 0.2) is 0 Å². The summed E-state index contributed by atoms with van der Waals surface area (Å²) in [5.41, 5.74) is 1.11. The summed E-state index contributed by atoms with van der Waals surface area (Å²) >= 11 is 0. The molecule has 7 nitrogen and oxygen atoms in total. The zero-order valence-electron chi connectivity index (χ0n) is 17.7. The average molecular weight is 373 g/mol. The van der Waals surface area contributed by atoms with Gasteiger partial charge in [0.1, 0.15) is 11.6 Å². The molecule has 0 aliphatic carbocycles. The maximum atomic E-state index is 5.47. The van der Waals surface area contributed by atoms with Crippen LogP contribution in [0.3, 0.4) is 0 Å².